The predicted octanol–water partition coefficient (Wildman–Crippen LogP) is 2.49. The maximum absolute atomic E-state index is 10.0. The van der Waals surface area contributed by atoms with E-state index in [2.05, 4.69) is 48.3 Å². The Hall–Kier alpha value is -0.900. The van der Waals surface area contributed by atoms with Crippen molar-refractivity contribution in [2.45, 2.75) is 45.3 Å². The highest BCUT2D eigenvalue weighted by Crippen LogP contribution is 2.23. The minimum Gasteiger partial charge on any atom is -0.389 e. The molecule has 2 unspecified atom stereocenters. The lowest BCUT2D eigenvalue weighted by molar-refractivity contribution is 0.0683. The molecular weight excluding hydrogens is 248 g/mol. The molecule has 1 saturated heterocycles. The molecule has 1 aliphatic heterocycles. The van der Waals surface area contributed by atoms with Crippen LogP contribution in [0, 0.1) is 6.92 Å². The van der Waals surface area contributed by atoms with E-state index in [0.717, 1.165) is 39.0 Å². The molecule has 1 aliphatic rings. The molecule has 1 fully saturated rings. The largest absolute Gasteiger partial charge is 0.389 e. The van der Waals surface area contributed by atoms with Crippen LogP contribution in [0.15, 0.2) is 24.3 Å². The summed E-state index contributed by atoms with van der Waals surface area (Å²) < 4.78 is 0. The van der Waals surface area contributed by atoms with E-state index < -0.39 is 5.60 Å². The third-order valence-electron chi connectivity index (χ3n) is 4.20. The van der Waals surface area contributed by atoms with Crippen molar-refractivity contribution in [1.82, 2.24) is 10.2 Å². The quantitative estimate of drug-likeness (QED) is 0.838. The first-order valence-corrected chi connectivity index (χ1v) is 7.75. The summed E-state index contributed by atoms with van der Waals surface area (Å²) >= 11 is 0. The molecule has 1 aromatic carbocycles. The van der Waals surface area contributed by atoms with Gasteiger partial charge in [-0.25, -0.2) is 0 Å². The van der Waals surface area contributed by atoms with Gasteiger partial charge < -0.3 is 15.3 Å². The molecule has 0 aromatic heterocycles. The van der Waals surface area contributed by atoms with Gasteiger partial charge in [-0.3, -0.25) is 0 Å². The van der Waals surface area contributed by atoms with Crippen LogP contribution in [0.2, 0.25) is 0 Å². The van der Waals surface area contributed by atoms with Gasteiger partial charge in [0.05, 0.1) is 5.60 Å². The van der Waals surface area contributed by atoms with E-state index in [1.165, 1.54) is 11.1 Å². The van der Waals surface area contributed by atoms with E-state index in [-0.39, 0.29) is 0 Å². The number of aliphatic hydroxyl groups is 1. The molecular formula is C17H28N2O. The molecule has 20 heavy (non-hydrogen) atoms. The molecule has 0 saturated carbocycles. The Morgan fingerprint density at radius 3 is 2.60 bits per heavy atom. The zero-order valence-electron chi connectivity index (χ0n) is 13.0. The standard InChI is InChI=1S/C17H28N2O/c1-4-18-16(15-7-5-14(2)6-8-15)9-11-19-12-10-17(3,20)13-19/h5-8,16,18,20H,4,9-13H2,1-3H3. The van der Waals surface area contributed by atoms with Gasteiger partial charge in [0.1, 0.15) is 0 Å². The van der Waals surface area contributed by atoms with Crippen molar-refractivity contribution in [2.24, 2.45) is 0 Å². The Morgan fingerprint density at radius 1 is 1.35 bits per heavy atom. The van der Waals surface area contributed by atoms with Crippen molar-refractivity contribution in [2.75, 3.05) is 26.2 Å². The monoisotopic (exact) mass is 276 g/mol. The summed E-state index contributed by atoms with van der Waals surface area (Å²) in [7, 11) is 0. The SMILES string of the molecule is CCNC(CCN1CCC(C)(O)C1)c1ccc(C)cc1. The summed E-state index contributed by atoms with van der Waals surface area (Å²) in [6, 6.07) is 9.22. The minimum atomic E-state index is -0.489. The van der Waals surface area contributed by atoms with Crippen LogP contribution in [-0.2, 0) is 0 Å². The predicted molar refractivity (Wildman–Crippen MR) is 83.9 cm³/mol. The zero-order valence-corrected chi connectivity index (χ0v) is 13.0. The van der Waals surface area contributed by atoms with E-state index in [1.54, 1.807) is 0 Å². The average molecular weight is 276 g/mol. The lowest BCUT2D eigenvalue weighted by Crippen LogP contribution is -2.32. The summed E-state index contributed by atoms with van der Waals surface area (Å²) in [6.45, 7) is 10.1. The third kappa shape index (κ3) is 4.30. The molecule has 0 bridgehead atoms. The number of hydrogen-bond donors (Lipinski definition) is 2. The van der Waals surface area contributed by atoms with Crippen LogP contribution >= 0.6 is 0 Å². The Labute approximate surface area is 123 Å². The van der Waals surface area contributed by atoms with Gasteiger partial charge in [-0.05, 0) is 38.8 Å². The van der Waals surface area contributed by atoms with Gasteiger partial charge >= 0.3 is 0 Å². The normalized spacial score (nSPS) is 25.0. The van der Waals surface area contributed by atoms with E-state index >= 15 is 0 Å². The smallest absolute Gasteiger partial charge is 0.0758 e. The topological polar surface area (TPSA) is 35.5 Å². The first-order valence-electron chi connectivity index (χ1n) is 7.75. The number of β-amino-alcohol motifs (C(OH)–C–C–N with tert-alkyl or cyclic N) is 1. The highest BCUT2D eigenvalue weighted by molar-refractivity contribution is 5.24. The lowest BCUT2D eigenvalue weighted by Gasteiger charge is -2.23. The van der Waals surface area contributed by atoms with Gasteiger partial charge in [0, 0.05) is 25.7 Å². The van der Waals surface area contributed by atoms with Crippen LogP contribution in [0.1, 0.15) is 43.9 Å². The summed E-state index contributed by atoms with van der Waals surface area (Å²) in [6.07, 6.45) is 1.98. The van der Waals surface area contributed by atoms with Crippen molar-refractivity contribution in [1.29, 1.82) is 0 Å². The van der Waals surface area contributed by atoms with E-state index in [0.29, 0.717) is 6.04 Å². The number of nitrogens with zero attached hydrogens (tertiary/aromatic N) is 1. The second kappa shape index (κ2) is 6.70. The van der Waals surface area contributed by atoms with Crippen LogP contribution in [0.4, 0.5) is 0 Å². The second-order valence-electron chi connectivity index (χ2n) is 6.33. The fourth-order valence-electron chi connectivity index (χ4n) is 2.97. The molecule has 112 valence electrons. The number of rotatable bonds is 6. The van der Waals surface area contributed by atoms with Gasteiger partial charge in [0.15, 0.2) is 0 Å². The molecule has 3 heteroatoms. The van der Waals surface area contributed by atoms with Crippen LogP contribution in [0.25, 0.3) is 0 Å². The zero-order chi connectivity index (χ0) is 14.6. The maximum Gasteiger partial charge on any atom is 0.0758 e. The van der Waals surface area contributed by atoms with Crippen LogP contribution in [0.5, 0.6) is 0 Å². The Balaban J connectivity index is 1.91. The number of hydrogen-bond acceptors (Lipinski definition) is 3. The molecule has 3 nitrogen and oxygen atoms in total. The summed E-state index contributed by atoms with van der Waals surface area (Å²) in [5.74, 6) is 0. The molecule has 1 aromatic rings. The van der Waals surface area contributed by atoms with Crippen molar-refractivity contribution < 1.29 is 5.11 Å². The first kappa shape index (κ1) is 15.5. The van der Waals surface area contributed by atoms with E-state index in [9.17, 15) is 5.11 Å². The maximum atomic E-state index is 10.0. The molecule has 0 radical (unpaired) electrons. The van der Waals surface area contributed by atoms with Gasteiger partial charge in [-0.1, -0.05) is 36.8 Å². The molecule has 2 rings (SSSR count). The average Bonchev–Trinajstić information content (AvgIpc) is 2.75. The van der Waals surface area contributed by atoms with Crippen molar-refractivity contribution >= 4 is 0 Å². The molecule has 2 atom stereocenters. The summed E-state index contributed by atoms with van der Waals surface area (Å²) in [5, 5.41) is 13.6. The molecule has 1 heterocycles. The van der Waals surface area contributed by atoms with Crippen LogP contribution in [-0.4, -0.2) is 41.8 Å². The van der Waals surface area contributed by atoms with Crippen molar-refractivity contribution in [3.8, 4) is 0 Å². The third-order valence-corrected chi connectivity index (χ3v) is 4.20. The first-order chi connectivity index (χ1) is 9.50. The molecule has 0 aliphatic carbocycles. The lowest BCUT2D eigenvalue weighted by atomic mass is 10.0. The van der Waals surface area contributed by atoms with Gasteiger partial charge in [-0.15, -0.1) is 0 Å². The van der Waals surface area contributed by atoms with Gasteiger partial charge in [0.2, 0.25) is 0 Å². The Morgan fingerprint density at radius 2 is 2.05 bits per heavy atom. The Kier molecular flexibility index (Phi) is 5.19. The summed E-state index contributed by atoms with van der Waals surface area (Å²) in [4.78, 5) is 2.37. The van der Waals surface area contributed by atoms with E-state index in [4.69, 9.17) is 0 Å². The minimum absolute atomic E-state index is 0.408. The fourth-order valence-corrected chi connectivity index (χ4v) is 2.97. The molecule has 2 N–H and O–H groups in total. The number of nitrogens with one attached hydrogen (secondary N) is 1. The highest BCUT2D eigenvalue weighted by Gasteiger charge is 2.31. The molecule has 0 amide bonds. The molecule has 0 spiro atoms. The highest BCUT2D eigenvalue weighted by atomic mass is 16.3. The Bertz CT molecular complexity index is 414. The fraction of sp³-hybridized carbons (Fsp3) is 0.647. The summed E-state index contributed by atoms with van der Waals surface area (Å²) in [5.41, 5.74) is 2.18. The number of benzene rings is 1. The van der Waals surface area contributed by atoms with Crippen molar-refractivity contribution in [3.05, 3.63) is 35.4 Å². The van der Waals surface area contributed by atoms with Gasteiger partial charge in [-0.2, -0.15) is 0 Å². The number of likely N-dealkylation sites (tertiary alicyclic amines) is 1. The van der Waals surface area contributed by atoms with Crippen LogP contribution in [0.3, 0.4) is 0 Å². The van der Waals surface area contributed by atoms with E-state index in [1.807, 2.05) is 6.92 Å². The van der Waals surface area contributed by atoms with Gasteiger partial charge in [0.25, 0.3) is 0 Å². The van der Waals surface area contributed by atoms with Crippen molar-refractivity contribution in [3.63, 3.8) is 0 Å². The second-order valence-corrected chi connectivity index (χ2v) is 6.33. The van der Waals surface area contributed by atoms with Crippen LogP contribution < -0.4 is 5.32 Å². The number of aryl methyl sites for hydroxylation is 1.